The average molecular weight is 438 g/mol. The van der Waals surface area contributed by atoms with Gasteiger partial charge in [-0.15, -0.1) is 0 Å². The van der Waals surface area contributed by atoms with E-state index in [0.717, 1.165) is 55.3 Å². The van der Waals surface area contributed by atoms with Crippen molar-refractivity contribution in [1.29, 1.82) is 0 Å². The molecular formula is C27H27N5O. The van der Waals surface area contributed by atoms with Crippen molar-refractivity contribution < 1.29 is 4.79 Å². The first-order valence-corrected chi connectivity index (χ1v) is 11.4. The van der Waals surface area contributed by atoms with Gasteiger partial charge in [0, 0.05) is 41.7 Å². The van der Waals surface area contributed by atoms with Crippen LogP contribution in [-0.4, -0.2) is 43.7 Å². The summed E-state index contributed by atoms with van der Waals surface area (Å²) >= 11 is 0. The summed E-state index contributed by atoms with van der Waals surface area (Å²) in [5, 5.41) is 0. The van der Waals surface area contributed by atoms with Crippen LogP contribution in [0, 0.1) is 6.92 Å². The molecule has 1 N–H and O–H groups in total. The van der Waals surface area contributed by atoms with Crippen LogP contribution in [0.15, 0.2) is 73.1 Å². The zero-order valence-corrected chi connectivity index (χ0v) is 18.7. The molecule has 2 aromatic heterocycles. The number of carbonyl (C=O) groups excluding carboxylic acids is 1. The summed E-state index contributed by atoms with van der Waals surface area (Å²) in [5.74, 6) is 1.48. The Morgan fingerprint density at radius 3 is 2.27 bits per heavy atom. The van der Waals surface area contributed by atoms with Crippen LogP contribution in [0.4, 0.5) is 0 Å². The summed E-state index contributed by atoms with van der Waals surface area (Å²) in [6.45, 7) is 5.16. The molecule has 6 nitrogen and oxygen atoms in total. The molecule has 0 amide bonds. The van der Waals surface area contributed by atoms with Gasteiger partial charge in [0.05, 0.1) is 5.69 Å². The summed E-state index contributed by atoms with van der Waals surface area (Å²) < 4.78 is 0. The molecule has 0 spiro atoms. The molecule has 0 radical (unpaired) electrons. The highest BCUT2D eigenvalue weighted by molar-refractivity contribution is 6.06. The van der Waals surface area contributed by atoms with Gasteiger partial charge in [-0.25, -0.2) is 15.0 Å². The smallest absolute Gasteiger partial charge is 0.230 e. The molecule has 0 aliphatic carbocycles. The Balaban J connectivity index is 1.25. The van der Waals surface area contributed by atoms with Crippen molar-refractivity contribution >= 4 is 5.78 Å². The van der Waals surface area contributed by atoms with Gasteiger partial charge in [-0.2, -0.15) is 0 Å². The third kappa shape index (κ3) is 4.76. The summed E-state index contributed by atoms with van der Waals surface area (Å²) in [4.78, 5) is 32.1. The normalized spacial score (nSPS) is 14.9. The maximum absolute atomic E-state index is 12.6. The van der Waals surface area contributed by atoms with Crippen LogP contribution < -0.4 is 0 Å². The van der Waals surface area contributed by atoms with Crippen molar-refractivity contribution in [2.45, 2.75) is 32.2 Å². The molecule has 0 unspecified atom stereocenters. The SMILES string of the molecule is Cc1[nH]c(C2CCN(Cc3ccccc3)CC2)nc1-c1cnc(C(=O)c2ccccc2)nc1. The molecule has 2 aromatic carbocycles. The fourth-order valence-electron chi connectivity index (χ4n) is 4.45. The second-order valence-electron chi connectivity index (χ2n) is 8.62. The Morgan fingerprint density at radius 2 is 1.61 bits per heavy atom. The van der Waals surface area contributed by atoms with E-state index < -0.39 is 0 Å². The monoisotopic (exact) mass is 437 g/mol. The average Bonchev–Trinajstić information content (AvgIpc) is 3.27. The van der Waals surface area contributed by atoms with E-state index in [1.165, 1.54) is 5.56 Å². The van der Waals surface area contributed by atoms with Gasteiger partial charge >= 0.3 is 0 Å². The van der Waals surface area contributed by atoms with Crippen LogP contribution in [0.25, 0.3) is 11.3 Å². The van der Waals surface area contributed by atoms with E-state index in [2.05, 4.69) is 50.2 Å². The fraction of sp³-hybridized carbons (Fsp3) is 0.259. The van der Waals surface area contributed by atoms with E-state index in [4.69, 9.17) is 4.98 Å². The van der Waals surface area contributed by atoms with E-state index in [-0.39, 0.29) is 11.6 Å². The zero-order chi connectivity index (χ0) is 22.6. The summed E-state index contributed by atoms with van der Waals surface area (Å²) in [5.41, 5.74) is 4.63. The first-order chi connectivity index (χ1) is 16.2. The highest BCUT2D eigenvalue weighted by Crippen LogP contribution is 2.30. The summed E-state index contributed by atoms with van der Waals surface area (Å²) in [7, 11) is 0. The highest BCUT2D eigenvalue weighted by atomic mass is 16.1. The van der Waals surface area contributed by atoms with Crippen molar-refractivity contribution in [2.24, 2.45) is 0 Å². The van der Waals surface area contributed by atoms with Gasteiger partial charge < -0.3 is 4.98 Å². The number of aryl methyl sites for hydroxylation is 1. The first kappa shape index (κ1) is 21.2. The Morgan fingerprint density at radius 1 is 0.970 bits per heavy atom. The number of nitrogens with one attached hydrogen (secondary N) is 1. The molecule has 1 saturated heterocycles. The molecule has 0 bridgehead atoms. The van der Waals surface area contributed by atoms with Crippen molar-refractivity contribution in [1.82, 2.24) is 24.8 Å². The van der Waals surface area contributed by atoms with E-state index >= 15 is 0 Å². The van der Waals surface area contributed by atoms with Crippen LogP contribution in [0.2, 0.25) is 0 Å². The van der Waals surface area contributed by atoms with Crippen LogP contribution in [0.5, 0.6) is 0 Å². The molecule has 5 rings (SSSR count). The molecule has 1 aliphatic rings. The minimum absolute atomic E-state index is 0.177. The standard InChI is InChI=1S/C27H27N5O/c1-19-24(23-16-28-27(29-17-23)25(33)21-10-6-3-7-11-21)31-26(30-19)22-12-14-32(15-13-22)18-20-8-4-2-5-9-20/h2-11,16-17,22H,12-15,18H2,1H3,(H,30,31). The second-order valence-corrected chi connectivity index (χ2v) is 8.62. The highest BCUT2D eigenvalue weighted by Gasteiger charge is 2.24. The molecule has 6 heteroatoms. The van der Waals surface area contributed by atoms with Crippen LogP contribution >= 0.6 is 0 Å². The van der Waals surface area contributed by atoms with Crippen LogP contribution in [-0.2, 0) is 6.54 Å². The minimum Gasteiger partial charge on any atom is -0.345 e. The lowest BCUT2D eigenvalue weighted by atomic mass is 9.96. The number of hydrogen-bond acceptors (Lipinski definition) is 5. The third-order valence-corrected chi connectivity index (χ3v) is 6.29. The molecule has 1 fully saturated rings. The van der Waals surface area contributed by atoms with Crippen molar-refractivity contribution in [3.8, 4) is 11.3 Å². The molecule has 166 valence electrons. The van der Waals surface area contributed by atoms with Gasteiger partial charge in [-0.3, -0.25) is 9.69 Å². The number of aromatic nitrogens is 4. The minimum atomic E-state index is -0.177. The van der Waals surface area contributed by atoms with Crippen molar-refractivity contribution in [2.75, 3.05) is 13.1 Å². The Hall–Kier alpha value is -3.64. The van der Waals surface area contributed by atoms with Gasteiger partial charge in [-0.05, 0) is 38.4 Å². The van der Waals surface area contributed by atoms with Gasteiger partial charge in [0.15, 0.2) is 0 Å². The van der Waals surface area contributed by atoms with E-state index in [9.17, 15) is 4.79 Å². The maximum Gasteiger partial charge on any atom is 0.230 e. The zero-order valence-electron chi connectivity index (χ0n) is 18.7. The molecule has 3 heterocycles. The molecule has 33 heavy (non-hydrogen) atoms. The largest absolute Gasteiger partial charge is 0.345 e. The maximum atomic E-state index is 12.6. The molecule has 4 aromatic rings. The predicted molar refractivity (Wildman–Crippen MR) is 128 cm³/mol. The Bertz CT molecular complexity index is 1210. The molecule has 1 aliphatic heterocycles. The number of benzene rings is 2. The van der Waals surface area contributed by atoms with E-state index in [1.54, 1.807) is 24.5 Å². The Labute approximate surface area is 193 Å². The number of nitrogens with zero attached hydrogens (tertiary/aromatic N) is 4. The van der Waals surface area contributed by atoms with Gasteiger partial charge in [0.1, 0.15) is 5.82 Å². The number of aromatic amines is 1. The number of ketones is 1. The predicted octanol–water partition coefficient (Wildman–Crippen LogP) is 4.79. The molecule has 0 saturated carbocycles. The first-order valence-electron chi connectivity index (χ1n) is 11.4. The third-order valence-electron chi connectivity index (χ3n) is 6.29. The topological polar surface area (TPSA) is 74.8 Å². The number of H-pyrrole nitrogens is 1. The van der Waals surface area contributed by atoms with E-state index in [0.29, 0.717) is 11.5 Å². The number of imidazole rings is 1. The Kier molecular flexibility index (Phi) is 6.09. The lowest BCUT2D eigenvalue weighted by molar-refractivity contribution is 0.102. The summed E-state index contributed by atoms with van der Waals surface area (Å²) in [6.07, 6.45) is 5.55. The molecule has 0 atom stereocenters. The number of rotatable bonds is 6. The van der Waals surface area contributed by atoms with Gasteiger partial charge in [0.25, 0.3) is 0 Å². The van der Waals surface area contributed by atoms with Crippen molar-refractivity contribution in [3.63, 3.8) is 0 Å². The van der Waals surface area contributed by atoms with Crippen LogP contribution in [0.3, 0.4) is 0 Å². The molecular weight excluding hydrogens is 410 g/mol. The lowest BCUT2D eigenvalue weighted by Crippen LogP contribution is -2.32. The number of piperidine rings is 1. The lowest BCUT2D eigenvalue weighted by Gasteiger charge is -2.31. The number of likely N-dealkylation sites (tertiary alicyclic amines) is 1. The number of hydrogen-bond donors (Lipinski definition) is 1. The van der Waals surface area contributed by atoms with Crippen LogP contribution in [0.1, 0.15) is 52.0 Å². The quantitative estimate of drug-likeness (QED) is 0.439. The summed E-state index contributed by atoms with van der Waals surface area (Å²) in [6, 6.07) is 19.7. The second kappa shape index (κ2) is 9.46. The van der Waals surface area contributed by atoms with Gasteiger partial charge in [-0.1, -0.05) is 60.7 Å². The number of carbonyl (C=O) groups is 1. The van der Waals surface area contributed by atoms with Gasteiger partial charge in [0.2, 0.25) is 11.6 Å². The van der Waals surface area contributed by atoms with E-state index in [1.807, 2.05) is 25.1 Å². The fourth-order valence-corrected chi connectivity index (χ4v) is 4.45. The van der Waals surface area contributed by atoms with Crippen molar-refractivity contribution in [3.05, 3.63) is 102 Å².